The number of hydrogen-bond donors (Lipinski definition) is 0. The lowest BCUT2D eigenvalue weighted by atomic mass is 10.0. The lowest BCUT2D eigenvalue weighted by Gasteiger charge is -2.32. The van der Waals surface area contributed by atoms with E-state index in [9.17, 15) is 9.59 Å². The van der Waals surface area contributed by atoms with Crippen molar-refractivity contribution in [2.24, 2.45) is 0 Å². The van der Waals surface area contributed by atoms with Crippen LogP contribution in [-0.2, 0) is 25.7 Å². The highest BCUT2D eigenvalue weighted by Crippen LogP contribution is 2.18. The number of rotatable bonds is 6. The molecule has 0 N–H and O–H groups in total. The van der Waals surface area contributed by atoms with Crippen LogP contribution in [0.1, 0.15) is 31.7 Å². The highest BCUT2D eigenvalue weighted by atomic mass is 16.5. The van der Waals surface area contributed by atoms with Crippen molar-refractivity contribution in [3.63, 3.8) is 0 Å². The first-order valence-electron chi connectivity index (χ1n) is 7.81. The van der Waals surface area contributed by atoms with Gasteiger partial charge in [-0.1, -0.05) is 36.8 Å². The average Bonchev–Trinajstić information content (AvgIpc) is 2.54. The maximum atomic E-state index is 12.0. The van der Waals surface area contributed by atoms with Crippen LogP contribution in [0.2, 0.25) is 0 Å². The van der Waals surface area contributed by atoms with Gasteiger partial charge in [0.15, 0.2) is 0 Å². The summed E-state index contributed by atoms with van der Waals surface area (Å²) < 4.78 is 10.4. The Morgan fingerprint density at radius 2 is 1.95 bits per heavy atom. The van der Waals surface area contributed by atoms with Gasteiger partial charge in [-0.3, -0.25) is 14.5 Å². The summed E-state index contributed by atoms with van der Waals surface area (Å²) in [6.07, 6.45) is 2.71. The monoisotopic (exact) mass is 305 g/mol. The molecule has 0 bridgehead atoms. The van der Waals surface area contributed by atoms with Crippen LogP contribution in [0.25, 0.3) is 0 Å². The van der Waals surface area contributed by atoms with Crippen molar-refractivity contribution in [3.05, 3.63) is 35.9 Å². The van der Waals surface area contributed by atoms with E-state index in [0.29, 0.717) is 6.61 Å². The van der Waals surface area contributed by atoms with Crippen molar-refractivity contribution >= 4 is 11.9 Å². The Kier molecular flexibility index (Phi) is 6.40. The second kappa shape index (κ2) is 8.54. The van der Waals surface area contributed by atoms with Crippen LogP contribution in [0.3, 0.4) is 0 Å². The molecule has 0 aromatic heterocycles. The molecule has 0 amide bonds. The first kappa shape index (κ1) is 16.5. The summed E-state index contributed by atoms with van der Waals surface area (Å²) in [6.45, 7) is 3.28. The Balaban J connectivity index is 1.84. The van der Waals surface area contributed by atoms with Gasteiger partial charge in [-0.2, -0.15) is 0 Å². The Hall–Kier alpha value is -1.88. The topological polar surface area (TPSA) is 55.8 Å². The van der Waals surface area contributed by atoms with E-state index in [1.807, 2.05) is 35.2 Å². The third-order valence-corrected chi connectivity index (χ3v) is 3.75. The predicted octanol–water partition coefficient (Wildman–Crippen LogP) is 2.15. The molecule has 1 aliphatic rings. The van der Waals surface area contributed by atoms with Gasteiger partial charge in [0.1, 0.15) is 12.6 Å². The van der Waals surface area contributed by atoms with Gasteiger partial charge in [0, 0.05) is 0 Å². The van der Waals surface area contributed by atoms with E-state index in [0.717, 1.165) is 31.4 Å². The molecule has 2 rings (SSSR count). The number of benzene rings is 1. The van der Waals surface area contributed by atoms with Gasteiger partial charge < -0.3 is 9.47 Å². The smallest absolute Gasteiger partial charge is 0.323 e. The van der Waals surface area contributed by atoms with Crippen molar-refractivity contribution in [2.45, 2.75) is 38.8 Å². The predicted molar refractivity (Wildman–Crippen MR) is 82.1 cm³/mol. The van der Waals surface area contributed by atoms with E-state index < -0.39 is 0 Å². The summed E-state index contributed by atoms with van der Waals surface area (Å²) in [4.78, 5) is 25.8. The zero-order chi connectivity index (χ0) is 15.8. The summed E-state index contributed by atoms with van der Waals surface area (Å²) >= 11 is 0. The Labute approximate surface area is 131 Å². The van der Waals surface area contributed by atoms with Crippen molar-refractivity contribution in [3.8, 4) is 0 Å². The highest BCUT2D eigenvalue weighted by molar-refractivity contribution is 5.78. The SMILES string of the molecule is CCOC(=O)C1CCCCN1CC(=O)OCc1ccccc1. The minimum atomic E-state index is -0.321. The highest BCUT2D eigenvalue weighted by Gasteiger charge is 2.31. The van der Waals surface area contributed by atoms with Crippen molar-refractivity contribution in [2.75, 3.05) is 19.7 Å². The van der Waals surface area contributed by atoms with Gasteiger partial charge in [-0.15, -0.1) is 0 Å². The molecule has 0 saturated carbocycles. The van der Waals surface area contributed by atoms with E-state index in [2.05, 4.69) is 0 Å². The minimum Gasteiger partial charge on any atom is -0.465 e. The van der Waals surface area contributed by atoms with Crippen LogP contribution in [0.4, 0.5) is 0 Å². The number of carbonyl (C=O) groups is 2. The quantitative estimate of drug-likeness (QED) is 0.754. The molecule has 1 heterocycles. The fourth-order valence-electron chi connectivity index (χ4n) is 2.64. The molecule has 1 saturated heterocycles. The Bertz CT molecular complexity index is 489. The van der Waals surface area contributed by atoms with Gasteiger partial charge in [-0.25, -0.2) is 0 Å². The van der Waals surface area contributed by atoms with E-state index in [-0.39, 0.29) is 31.1 Å². The van der Waals surface area contributed by atoms with Crippen molar-refractivity contribution in [1.29, 1.82) is 0 Å². The number of likely N-dealkylation sites (tertiary alicyclic amines) is 1. The van der Waals surface area contributed by atoms with E-state index in [1.165, 1.54) is 0 Å². The summed E-state index contributed by atoms with van der Waals surface area (Å²) in [7, 11) is 0. The maximum Gasteiger partial charge on any atom is 0.323 e. The van der Waals surface area contributed by atoms with Gasteiger partial charge >= 0.3 is 11.9 Å². The van der Waals surface area contributed by atoms with Crippen LogP contribution >= 0.6 is 0 Å². The lowest BCUT2D eigenvalue weighted by molar-refractivity contribution is -0.154. The minimum absolute atomic E-state index is 0.135. The molecule has 1 atom stereocenters. The summed E-state index contributed by atoms with van der Waals surface area (Å²) in [6, 6.07) is 9.24. The number of carbonyl (C=O) groups excluding carboxylic acids is 2. The first-order chi connectivity index (χ1) is 10.7. The van der Waals surface area contributed by atoms with E-state index in [1.54, 1.807) is 6.92 Å². The van der Waals surface area contributed by atoms with Gasteiger partial charge in [-0.05, 0) is 31.9 Å². The van der Waals surface area contributed by atoms with E-state index in [4.69, 9.17) is 9.47 Å². The second-order valence-electron chi connectivity index (χ2n) is 5.38. The molecule has 120 valence electrons. The Morgan fingerprint density at radius 1 is 1.18 bits per heavy atom. The standard InChI is InChI=1S/C17H23NO4/c1-2-21-17(20)15-10-6-7-11-18(15)12-16(19)22-13-14-8-4-3-5-9-14/h3-5,8-9,15H,2,6-7,10-13H2,1H3. The molecule has 5 heteroatoms. The molecule has 1 aromatic rings. The molecular weight excluding hydrogens is 282 g/mol. The average molecular weight is 305 g/mol. The number of hydrogen-bond acceptors (Lipinski definition) is 5. The molecule has 0 radical (unpaired) electrons. The van der Waals surface area contributed by atoms with Crippen LogP contribution in [0.5, 0.6) is 0 Å². The van der Waals surface area contributed by atoms with Crippen LogP contribution in [0, 0.1) is 0 Å². The van der Waals surface area contributed by atoms with Gasteiger partial charge in [0.25, 0.3) is 0 Å². The number of piperidine rings is 1. The largest absolute Gasteiger partial charge is 0.465 e. The van der Waals surface area contributed by atoms with E-state index >= 15 is 0 Å². The van der Waals surface area contributed by atoms with Gasteiger partial charge in [0.05, 0.1) is 13.2 Å². The molecular formula is C17H23NO4. The number of ether oxygens (including phenoxy) is 2. The lowest BCUT2D eigenvalue weighted by Crippen LogP contribution is -2.47. The Morgan fingerprint density at radius 3 is 2.68 bits per heavy atom. The molecule has 1 fully saturated rings. The summed E-state index contributed by atoms with van der Waals surface area (Å²) in [5.74, 6) is -0.543. The molecule has 1 aliphatic heterocycles. The fourth-order valence-corrected chi connectivity index (χ4v) is 2.64. The van der Waals surface area contributed by atoms with Crippen molar-refractivity contribution in [1.82, 2.24) is 4.90 Å². The molecule has 22 heavy (non-hydrogen) atoms. The number of esters is 2. The van der Waals surface area contributed by atoms with Crippen LogP contribution in [0.15, 0.2) is 30.3 Å². The third kappa shape index (κ3) is 4.84. The molecule has 1 aromatic carbocycles. The zero-order valence-electron chi connectivity index (χ0n) is 13.0. The third-order valence-electron chi connectivity index (χ3n) is 3.75. The van der Waals surface area contributed by atoms with Crippen LogP contribution in [-0.4, -0.2) is 42.6 Å². The molecule has 0 spiro atoms. The molecule has 1 unspecified atom stereocenters. The maximum absolute atomic E-state index is 12.0. The molecule has 0 aliphatic carbocycles. The molecule has 5 nitrogen and oxygen atoms in total. The fraction of sp³-hybridized carbons (Fsp3) is 0.529. The van der Waals surface area contributed by atoms with Crippen molar-refractivity contribution < 1.29 is 19.1 Å². The number of nitrogens with zero attached hydrogens (tertiary/aromatic N) is 1. The normalized spacial score (nSPS) is 18.7. The summed E-state index contributed by atoms with van der Waals surface area (Å²) in [5.41, 5.74) is 0.955. The zero-order valence-corrected chi connectivity index (χ0v) is 13.0. The summed E-state index contributed by atoms with van der Waals surface area (Å²) in [5, 5.41) is 0. The van der Waals surface area contributed by atoms with Crippen LogP contribution < -0.4 is 0 Å². The first-order valence-corrected chi connectivity index (χ1v) is 7.81. The second-order valence-corrected chi connectivity index (χ2v) is 5.38. The van der Waals surface area contributed by atoms with Gasteiger partial charge in [0.2, 0.25) is 0 Å².